The van der Waals surface area contributed by atoms with E-state index in [1.807, 2.05) is 0 Å². The molecule has 19 heavy (non-hydrogen) atoms. The average molecular weight is 256 g/mol. The van der Waals surface area contributed by atoms with Gasteiger partial charge in [0, 0.05) is 28.7 Å². The van der Waals surface area contributed by atoms with Crippen LogP contribution >= 0.6 is 0 Å². The highest BCUT2D eigenvalue weighted by Crippen LogP contribution is 2.37. The summed E-state index contributed by atoms with van der Waals surface area (Å²) in [6.45, 7) is -0.261. The van der Waals surface area contributed by atoms with Crippen LogP contribution in [0, 0.1) is 0 Å². The summed E-state index contributed by atoms with van der Waals surface area (Å²) in [7, 11) is 0. The van der Waals surface area contributed by atoms with Gasteiger partial charge in [0.25, 0.3) is 0 Å². The van der Waals surface area contributed by atoms with Crippen LogP contribution in [-0.2, 0) is 13.0 Å². The van der Waals surface area contributed by atoms with Crippen LogP contribution in [0.1, 0.15) is 32.6 Å². The van der Waals surface area contributed by atoms with Gasteiger partial charge < -0.3 is 15.3 Å². The molecular weight excluding hydrogens is 244 g/mol. The number of aliphatic hydroxyl groups is 1. The van der Waals surface area contributed by atoms with Gasteiger partial charge in [-0.15, -0.1) is 0 Å². The maximum atomic E-state index is 12.5. The number of ketones is 1. The Hall–Kier alpha value is -2.33. The van der Waals surface area contributed by atoms with Crippen LogP contribution in [-0.4, -0.2) is 21.1 Å². The first-order chi connectivity index (χ1) is 9.13. The molecule has 2 aromatic rings. The van der Waals surface area contributed by atoms with Gasteiger partial charge in [0.2, 0.25) is 0 Å². The van der Waals surface area contributed by atoms with Crippen LogP contribution in [0.2, 0.25) is 0 Å². The number of carbonyl (C=O) groups excluding carboxylic acids is 1. The summed E-state index contributed by atoms with van der Waals surface area (Å²) >= 11 is 0. The minimum Gasteiger partial charge on any atom is -0.508 e. The first kappa shape index (κ1) is 11.7. The molecule has 0 heterocycles. The molecular formula is C15H12O4. The minimum atomic E-state index is -0.271. The van der Waals surface area contributed by atoms with Crippen LogP contribution in [0.5, 0.6) is 11.5 Å². The minimum absolute atomic E-state index is 0.00875. The van der Waals surface area contributed by atoms with Gasteiger partial charge in [-0.05, 0) is 17.7 Å². The smallest absolute Gasteiger partial charge is 0.194 e. The van der Waals surface area contributed by atoms with Crippen LogP contribution < -0.4 is 0 Å². The van der Waals surface area contributed by atoms with Crippen LogP contribution in [0.25, 0.3) is 0 Å². The maximum absolute atomic E-state index is 12.5. The molecule has 4 heteroatoms. The third kappa shape index (κ3) is 1.61. The van der Waals surface area contributed by atoms with E-state index in [9.17, 15) is 20.1 Å². The van der Waals surface area contributed by atoms with Crippen molar-refractivity contribution in [2.24, 2.45) is 0 Å². The van der Waals surface area contributed by atoms with Crippen LogP contribution in [0.4, 0.5) is 0 Å². The fraction of sp³-hybridized carbons (Fsp3) is 0.133. The van der Waals surface area contributed by atoms with Crippen molar-refractivity contribution >= 4 is 5.78 Å². The number of hydrogen-bond donors (Lipinski definition) is 3. The van der Waals surface area contributed by atoms with E-state index in [2.05, 4.69) is 0 Å². The highest BCUT2D eigenvalue weighted by molar-refractivity contribution is 6.14. The first-order valence-corrected chi connectivity index (χ1v) is 5.93. The molecule has 3 N–H and O–H groups in total. The predicted molar refractivity (Wildman–Crippen MR) is 68.4 cm³/mol. The Bertz CT molecular complexity index is 689. The normalized spacial score (nSPS) is 13.0. The SMILES string of the molecule is O=C1c2cccc(O)c2Cc2c(O)ccc(CO)c21. The lowest BCUT2D eigenvalue weighted by molar-refractivity contribution is 0.103. The highest BCUT2D eigenvalue weighted by atomic mass is 16.3. The van der Waals surface area contributed by atoms with Crippen molar-refractivity contribution < 1.29 is 20.1 Å². The van der Waals surface area contributed by atoms with Gasteiger partial charge in [0.1, 0.15) is 11.5 Å². The molecule has 96 valence electrons. The van der Waals surface area contributed by atoms with Gasteiger partial charge in [-0.2, -0.15) is 0 Å². The lowest BCUT2D eigenvalue weighted by Crippen LogP contribution is -2.17. The quantitative estimate of drug-likeness (QED) is 0.619. The monoisotopic (exact) mass is 256 g/mol. The second kappa shape index (κ2) is 4.10. The Morgan fingerprint density at radius 3 is 2.47 bits per heavy atom. The summed E-state index contributed by atoms with van der Waals surface area (Å²) in [6.07, 6.45) is 0.281. The second-order valence-electron chi connectivity index (χ2n) is 4.56. The Kier molecular flexibility index (Phi) is 2.54. The lowest BCUT2D eigenvalue weighted by Gasteiger charge is -2.22. The van der Waals surface area contributed by atoms with E-state index >= 15 is 0 Å². The van der Waals surface area contributed by atoms with E-state index in [4.69, 9.17) is 0 Å². The molecule has 1 aliphatic rings. The number of benzene rings is 2. The van der Waals surface area contributed by atoms with Crippen molar-refractivity contribution in [3.8, 4) is 11.5 Å². The average Bonchev–Trinajstić information content (AvgIpc) is 2.41. The molecule has 0 spiro atoms. The molecule has 0 amide bonds. The summed E-state index contributed by atoms with van der Waals surface area (Å²) in [5, 5.41) is 29.1. The molecule has 1 aliphatic carbocycles. The standard InChI is InChI=1S/C15H12O4/c16-7-8-4-5-13(18)11-6-10-9(15(19)14(8)11)2-1-3-12(10)17/h1-5,16-18H,6-7H2. The van der Waals surface area contributed by atoms with Crippen LogP contribution in [0.15, 0.2) is 30.3 Å². The largest absolute Gasteiger partial charge is 0.508 e. The zero-order valence-corrected chi connectivity index (χ0v) is 10.1. The molecule has 4 nitrogen and oxygen atoms in total. The van der Waals surface area contributed by atoms with Gasteiger partial charge >= 0.3 is 0 Å². The Balaban J connectivity index is 2.30. The van der Waals surface area contributed by atoms with Gasteiger partial charge in [-0.1, -0.05) is 18.2 Å². The van der Waals surface area contributed by atoms with E-state index in [1.165, 1.54) is 12.1 Å². The number of phenolic OH excluding ortho intramolecular Hbond substituents is 2. The molecule has 0 aliphatic heterocycles. The van der Waals surface area contributed by atoms with E-state index in [1.54, 1.807) is 18.2 Å². The van der Waals surface area contributed by atoms with Crippen molar-refractivity contribution in [3.63, 3.8) is 0 Å². The zero-order chi connectivity index (χ0) is 13.6. The summed E-state index contributed by atoms with van der Waals surface area (Å²) in [6, 6.07) is 7.77. The summed E-state index contributed by atoms with van der Waals surface area (Å²) in [5.74, 6) is -0.216. The molecule has 0 bridgehead atoms. The van der Waals surface area contributed by atoms with Crippen LogP contribution in [0.3, 0.4) is 0 Å². The van der Waals surface area contributed by atoms with E-state index in [-0.39, 0.29) is 30.3 Å². The number of fused-ring (bicyclic) bond motifs is 2. The molecule has 2 aromatic carbocycles. The number of rotatable bonds is 1. The van der Waals surface area contributed by atoms with Gasteiger partial charge in [-0.25, -0.2) is 0 Å². The van der Waals surface area contributed by atoms with Crippen molar-refractivity contribution in [2.75, 3.05) is 0 Å². The molecule has 0 aromatic heterocycles. The predicted octanol–water partition coefficient (Wildman–Crippen LogP) is 1.73. The third-order valence-electron chi connectivity index (χ3n) is 3.52. The third-order valence-corrected chi connectivity index (χ3v) is 3.52. The summed E-state index contributed by atoms with van der Waals surface area (Å²) in [4.78, 5) is 12.5. The van der Waals surface area contributed by atoms with Crippen molar-refractivity contribution in [1.29, 1.82) is 0 Å². The molecule has 3 rings (SSSR count). The molecule has 0 saturated heterocycles. The Morgan fingerprint density at radius 1 is 1.00 bits per heavy atom. The zero-order valence-electron chi connectivity index (χ0n) is 10.1. The van der Waals surface area contributed by atoms with Gasteiger partial charge in [-0.3, -0.25) is 4.79 Å². The molecule has 0 atom stereocenters. The fourth-order valence-electron chi connectivity index (χ4n) is 2.56. The molecule has 0 saturated carbocycles. The molecule has 0 unspecified atom stereocenters. The maximum Gasteiger partial charge on any atom is 0.194 e. The van der Waals surface area contributed by atoms with Crippen molar-refractivity contribution in [3.05, 3.63) is 58.1 Å². The van der Waals surface area contributed by atoms with Gasteiger partial charge in [0.05, 0.1) is 6.61 Å². The van der Waals surface area contributed by atoms with E-state index in [0.717, 1.165) is 0 Å². The van der Waals surface area contributed by atoms with Crippen molar-refractivity contribution in [1.82, 2.24) is 0 Å². The van der Waals surface area contributed by atoms with Crippen molar-refractivity contribution in [2.45, 2.75) is 13.0 Å². The highest BCUT2D eigenvalue weighted by Gasteiger charge is 2.29. The molecule has 0 fully saturated rings. The van der Waals surface area contributed by atoms with E-state index in [0.29, 0.717) is 27.8 Å². The number of aromatic hydroxyl groups is 2. The summed E-state index contributed by atoms with van der Waals surface area (Å²) in [5.41, 5.74) is 2.25. The fourth-order valence-corrected chi connectivity index (χ4v) is 2.56. The Morgan fingerprint density at radius 2 is 1.74 bits per heavy atom. The second-order valence-corrected chi connectivity index (χ2v) is 4.56. The van der Waals surface area contributed by atoms with Gasteiger partial charge in [0.15, 0.2) is 5.78 Å². The topological polar surface area (TPSA) is 77.8 Å². The lowest BCUT2D eigenvalue weighted by atomic mass is 9.82. The Labute approximate surface area is 109 Å². The molecule has 0 radical (unpaired) electrons. The number of carbonyl (C=O) groups is 1. The number of phenols is 2. The number of aliphatic hydroxyl groups excluding tert-OH is 1. The number of hydrogen-bond acceptors (Lipinski definition) is 4. The summed E-state index contributed by atoms with van der Waals surface area (Å²) < 4.78 is 0. The van der Waals surface area contributed by atoms with E-state index < -0.39 is 0 Å². The first-order valence-electron chi connectivity index (χ1n) is 5.93.